The fourth-order valence-corrected chi connectivity index (χ4v) is 5.09. The van der Waals surface area contributed by atoms with E-state index in [2.05, 4.69) is 32.1 Å². The molecule has 3 aliphatic rings. The third-order valence-corrected chi connectivity index (χ3v) is 6.55. The summed E-state index contributed by atoms with van der Waals surface area (Å²) in [6.07, 6.45) is 8.17. The number of aromatic nitrogens is 4. The third-order valence-electron chi connectivity index (χ3n) is 6.55. The van der Waals surface area contributed by atoms with E-state index in [4.69, 9.17) is 4.74 Å². The van der Waals surface area contributed by atoms with E-state index in [-0.39, 0.29) is 18.2 Å². The minimum Gasteiger partial charge on any atom is -0.353 e. The lowest BCUT2D eigenvalue weighted by atomic mass is 9.89. The minimum absolute atomic E-state index is 0.0997. The maximum atomic E-state index is 13.5. The highest BCUT2D eigenvalue weighted by Crippen LogP contribution is 2.47. The number of imidazole rings is 1. The van der Waals surface area contributed by atoms with Crippen LogP contribution in [0.3, 0.4) is 0 Å². The number of hydrogen-bond acceptors (Lipinski definition) is 6. The summed E-state index contributed by atoms with van der Waals surface area (Å²) in [5.41, 5.74) is 1.24. The largest absolute Gasteiger partial charge is 0.353 e. The molecule has 3 aliphatic heterocycles. The molecule has 0 bridgehead atoms. The molecular formula is C21H22N6O2. The molecule has 1 spiro atoms. The van der Waals surface area contributed by atoms with E-state index in [1.54, 1.807) is 17.0 Å². The summed E-state index contributed by atoms with van der Waals surface area (Å²) in [5, 5.41) is 4.19. The van der Waals surface area contributed by atoms with Crippen molar-refractivity contribution in [1.82, 2.24) is 24.5 Å². The van der Waals surface area contributed by atoms with Crippen LogP contribution in [-0.2, 0) is 9.53 Å². The average molecular weight is 390 g/mol. The van der Waals surface area contributed by atoms with Crippen LogP contribution in [0.25, 0.3) is 5.65 Å². The highest BCUT2D eigenvalue weighted by Gasteiger charge is 2.58. The number of benzene rings is 1. The van der Waals surface area contributed by atoms with Crippen molar-refractivity contribution < 1.29 is 9.53 Å². The number of amides is 1. The maximum absolute atomic E-state index is 13.5. The van der Waals surface area contributed by atoms with Crippen molar-refractivity contribution in [1.29, 1.82) is 0 Å². The van der Waals surface area contributed by atoms with E-state index in [0.717, 1.165) is 24.3 Å². The van der Waals surface area contributed by atoms with Gasteiger partial charge in [0.25, 0.3) is 5.91 Å². The number of hydrogen-bond donors (Lipinski definition) is 0. The summed E-state index contributed by atoms with van der Waals surface area (Å²) < 4.78 is 8.16. The Labute approximate surface area is 168 Å². The van der Waals surface area contributed by atoms with Crippen molar-refractivity contribution in [2.75, 3.05) is 18.0 Å². The molecule has 8 heteroatoms. The van der Waals surface area contributed by atoms with Gasteiger partial charge in [-0.3, -0.25) is 4.79 Å². The molecule has 0 N–H and O–H groups in total. The molecule has 0 unspecified atom stereocenters. The molecule has 0 radical (unpaired) electrons. The number of fused-ring (bicyclic) bond motifs is 2. The molecule has 2 aromatic heterocycles. The molecule has 3 aromatic rings. The van der Waals surface area contributed by atoms with E-state index < -0.39 is 5.60 Å². The highest BCUT2D eigenvalue weighted by molar-refractivity contribution is 5.88. The van der Waals surface area contributed by atoms with Gasteiger partial charge in [0.05, 0.1) is 6.04 Å². The summed E-state index contributed by atoms with van der Waals surface area (Å²) in [7, 11) is 0. The average Bonchev–Trinajstić information content (AvgIpc) is 3.46. The SMILES string of the molecule is O=C1N2[C@@H](CC[C@H]2c2ccccc2)OC12CCN(c1ncnn3ccnc13)CC2. The van der Waals surface area contributed by atoms with Crippen LogP contribution in [0.2, 0.25) is 0 Å². The zero-order chi connectivity index (χ0) is 19.4. The van der Waals surface area contributed by atoms with E-state index in [0.29, 0.717) is 25.9 Å². The van der Waals surface area contributed by atoms with Gasteiger partial charge in [-0.05, 0) is 18.4 Å². The number of nitrogens with zero attached hydrogens (tertiary/aromatic N) is 6. The number of carbonyl (C=O) groups excluding carboxylic acids is 1. The second kappa shape index (κ2) is 6.25. The molecule has 0 aliphatic carbocycles. The van der Waals surface area contributed by atoms with Crippen LogP contribution in [-0.4, -0.2) is 55.3 Å². The number of ether oxygens (including phenoxy) is 1. The lowest BCUT2D eigenvalue weighted by Crippen LogP contribution is -2.50. The number of rotatable bonds is 2. The Balaban J connectivity index is 1.23. The van der Waals surface area contributed by atoms with Crippen molar-refractivity contribution >= 4 is 17.4 Å². The number of carbonyl (C=O) groups is 1. The van der Waals surface area contributed by atoms with Gasteiger partial charge in [0.2, 0.25) is 0 Å². The van der Waals surface area contributed by atoms with E-state index in [9.17, 15) is 4.79 Å². The predicted molar refractivity (Wildman–Crippen MR) is 105 cm³/mol. The van der Waals surface area contributed by atoms with Gasteiger partial charge in [-0.25, -0.2) is 14.5 Å². The predicted octanol–water partition coefficient (Wildman–Crippen LogP) is 2.18. The minimum atomic E-state index is -0.701. The molecule has 2 atom stereocenters. The molecule has 3 saturated heterocycles. The van der Waals surface area contributed by atoms with Crippen LogP contribution in [0.1, 0.15) is 37.3 Å². The molecule has 8 nitrogen and oxygen atoms in total. The molecule has 1 amide bonds. The summed E-state index contributed by atoms with van der Waals surface area (Å²) >= 11 is 0. The topological polar surface area (TPSA) is 75.9 Å². The first kappa shape index (κ1) is 16.9. The molecule has 3 fully saturated rings. The molecule has 29 heavy (non-hydrogen) atoms. The first-order valence-electron chi connectivity index (χ1n) is 10.2. The molecule has 5 heterocycles. The first-order valence-corrected chi connectivity index (χ1v) is 10.2. The molecule has 0 saturated carbocycles. The third kappa shape index (κ3) is 2.48. The Kier molecular flexibility index (Phi) is 3.64. The summed E-state index contributed by atoms with van der Waals surface area (Å²) in [6, 6.07) is 10.4. The maximum Gasteiger partial charge on any atom is 0.257 e. The van der Waals surface area contributed by atoms with Gasteiger partial charge in [-0.15, -0.1) is 0 Å². The Morgan fingerprint density at radius 1 is 1.07 bits per heavy atom. The normalized spacial score (nSPS) is 25.9. The van der Waals surface area contributed by atoms with Crippen LogP contribution in [0.5, 0.6) is 0 Å². The molecule has 6 rings (SSSR count). The Morgan fingerprint density at radius 3 is 2.72 bits per heavy atom. The van der Waals surface area contributed by atoms with Crippen LogP contribution < -0.4 is 4.90 Å². The van der Waals surface area contributed by atoms with E-state index in [1.165, 1.54) is 5.56 Å². The summed E-state index contributed by atoms with van der Waals surface area (Å²) in [4.78, 5) is 26.5. The van der Waals surface area contributed by atoms with E-state index in [1.807, 2.05) is 29.3 Å². The lowest BCUT2D eigenvalue weighted by Gasteiger charge is -2.38. The van der Waals surface area contributed by atoms with Crippen molar-refractivity contribution in [3.63, 3.8) is 0 Å². The fourth-order valence-electron chi connectivity index (χ4n) is 5.09. The second-order valence-corrected chi connectivity index (χ2v) is 8.05. The van der Waals surface area contributed by atoms with Gasteiger partial charge in [0.1, 0.15) is 12.6 Å². The Morgan fingerprint density at radius 2 is 1.90 bits per heavy atom. The van der Waals surface area contributed by atoms with Gasteiger partial charge in [-0.1, -0.05) is 30.3 Å². The first-order chi connectivity index (χ1) is 14.3. The summed E-state index contributed by atoms with van der Waals surface area (Å²) in [6.45, 7) is 1.42. The Bertz CT molecular complexity index is 1060. The van der Waals surface area contributed by atoms with Crippen molar-refractivity contribution in [3.8, 4) is 0 Å². The molecule has 148 valence electrons. The summed E-state index contributed by atoms with van der Waals surface area (Å²) in [5.74, 6) is 0.968. The van der Waals surface area contributed by atoms with Gasteiger partial charge in [0, 0.05) is 38.3 Å². The van der Waals surface area contributed by atoms with Crippen LogP contribution >= 0.6 is 0 Å². The monoisotopic (exact) mass is 390 g/mol. The van der Waals surface area contributed by atoms with Crippen molar-refractivity contribution in [2.24, 2.45) is 0 Å². The van der Waals surface area contributed by atoms with Crippen LogP contribution in [0, 0.1) is 0 Å². The van der Waals surface area contributed by atoms with Crippen molar-refractivity contribution in [2.45, 2.75) is 43.6 Å². The van der Waals surface area contributed by atoms with Gasteiger partial charge >= 0.3 is 0 Å². The van der Waals surface area contributed by atoms with Crippen LogP contribution in [0.15, 0.2) is 49.1 Å². The molecule has 1 aromatic carbocycles. The Hall–Kier alpha value is -3.00. The second-order valence-electron chi connectivity index (χ2n) is 8.05. The van der Waals surface area contributed by atoms with Gasteiger partial charge in [0.15, 0.2) is 17.1 Å². The highest BCUT2D eigenvalue weighted by atomic mass is 16.6. The zero-order valence-electron chi connectivity index (χ0n) is 16.0. The molecular weight excluding hydrogens is 368 g/mol. The zero-order valence-corrected chi connectivity index (χ0v) is 16.0. The quantitative estimate of drug-likeness (QED) is 0.668. The standard InChI is InChI=1S/C21H22N6O2/c28-20-21(29-17-7-6-16(27(17)20)15-4-2-1-3-5-15)8-11-25(12-9-21)18-19-22-10-13-26(19)24-14-23-18/h1-5,10,13-14,16-17H,6-9,11-12H2/t16-,17+/m0/s1. The smallest absolute Gasteiger partial charge is 0.257 e. The van der Waals surface area contributed by atoms with E-state index >= 15 is 0 Å². The van der Waals surface area contributed by atoms with Gasteiger partial charge in [-0.2, -0.15) is 5.10 Å². The van der Waals surface area contributed by atoms with Crippen LogP contribution in [0.4, 0.5) is 5.82 Å². The fraction of sp³-hybridized carbons (Fsp3) is 0.429. The van der Waals surface area contributed by atoms with Gasteiger partial charge < -0.3 is 14.5 Å². The number of piperidine rings is 1. The number of anilines is 1. The lowest BCUT2D eigenvalue weighted by molar-refractivity contribution is -0.140. The van der Waals surface area contributed by atoms with Crippen molar-refractivity contribution in [3.05, 3.63) is 54.6 Å².